The first-order valence-electron chi connectivity index (χ1n) is 26.6. The smallest absolute Gasteiger partial charge is 0.407 e. The lowest BCUT2D eigenvalue weighted by Crippen LogP contribution is -2.62. The third-order valence-corrected chi connectivity index (χ3v) is 15.6. The Balaban J connectivity index is 1.27. The van der Waals surface area contributed by atoms with Gasteiger partial charge in [0.25, 0.3) is 0 Å². The number of benzene rings is 2. The van der Waals surface area contributed by atoms with Crippen molar-refractivity contribution in [1.29, 1.82) is 0 Å². The van der Waals surface area contributed by atoms with Crippen LogP contribution in [-0.2, 0) is 41.4 Å². The molecule has 6 atom stereocenters. The molecule has 0 saturated carbocycles. The monoisotopic (exact) mass is 1160 g/mol. The number of pyridine rings is 1. The number of aliphatic imine (C=N–C) groups is 1. The van der Waals surface area contributed by atoms with Crippen molar-refractivity contribution in [2.75, 3.05) is 58.5 Å². The molecule has 3 saturated heterocycles. The number of rotatable bonds is 24. The van der Waals surface area contributed by atoms with E-state index in [0.29, 0.717) is 62.5 Å². The van der Waals surface area contributed by atoms with Crippen LogP contribution >= 0.6 is 0 Å². The molecule has 0 aliphatic carbocycles. The number of aromatic nitrogens is 1. The van der Waals surface area contributed by atoms with Gasteiger partial charge in [-0.05, 0) is 98.9 Å². The van der Waals surface area contributed by atoms with Crippen LogP contribution in [0.25, 0.3) is 5.57 Å². The first-order valence-corrected chi connectivity index (χ1v) is 26.6. The third kappa shape index (κ3) is 16.3. The molecule has 3 fully saturated rings. The predicted octanol–water partition coefficient (Wildman–Crippen LogP) is 7.79. The van der Waals surface area contributed by atoms with Gasteiger partial charge in [-0.25, -0.2) is 24.2 Å². The van der Waals surface area contributed by atoms with Gasteiger partial charge in [0.15, 0.2) is 5.78 Å². The maximum absolute atomic E-state index is 15.5. The lowest BCUT2D eigenvalue weighted by Gasteiger charge is -2.47. The molecule has 2 bridgehead atoms. The number of hydrazine groups is 1. The number of hydrogen-bond acceptors (Lipinski definition) is 14. The summed E-state index contributed by atoms with van der Waals surface area (Å²) in [5.41, 5.74) is 3.84. The zero-order valence-electron chi connectivity index (χ0n) is 46.3. The molecule has 0 spiro atoms. The lowest BCUT2D eigenvalue weighted by atomic mass is 9.75. The van der Waals surface area contributed by atoms with Gasteiger partial charge in [-0.3, -0.25) is 24.7 Å². The molecule has 6 rings (SSSR count). The zero-order chi connectivity index (χ0) is 60.3. The molecule has 1 aromatic heterocycles. The number of alkyl halides is 8. The van der Waals surface area contributed by atoms with Gasteiger partial charge in [-0.15, -0.1) is 0 Å². The van der Waals surface area contributed by atoms with E-state index in [4.69, 9.17) is 15.5 Å². The second kappa shape index (κ2) is 27.6. The number of aliphatic hydroxyl groups is 1. The summed E-state index contributed by atoms with van der Waals surface area (Å²) in [7, 11) is 1.79. The molecule has 25 heteroatoms. The van der Waals surface area contributed by atoms with Crippen LogP contribution in [0.1, 0.15) is 87.6 Å². The number of nitrogens with two attached hydrogens (primary N) is 1. The Morgan fingerprint density at radius 2 is 1.52 bits per heavy atom. The lowest BCUT2D eigenvalue weighted by molar-refractivity contribution is -0.231. The minimum absolute atomic E-state index is 0.0369. The quantitative estimate of drug-likeness (QED) is 0.0169. The first-order chi connectivity index (χ1) is 38.6. The van der Waals surface area contributed by atoms with Crippen LogP contribution in [0.2, 0.25) is 0 Å². The van der Waals surface area contributed by atoms with Crippen molar-refractivity contribution in [3.63, 3.8) is 0 Å². The number of ether oxygens (including phenoxy) is 3. The molecule has 16 nitrogen and oxygen atoms in total. The molecular weight excluding hydrogens is 1100 g/mol. The summed E-state index contributed by atoms with van der Waals surface area (Å²) < 4.78 is 143. The molecular formula is C57H69F9N8O8. The fourth-order valence-electron chi connectivity index (χ4n) is 10.3. The summed E-state index contributed by atoms with van der Waals surface area (Å²) in [5, 5.41) is 15.1. The fourth-order valence-corrected chi connectivity index (χ4v) is 10.3. The van der Waals surface area contributed by atoms with Gasteiger partial charge >= 0.3 is 31.0 Å². The van der Waals surface area contributed by atoms with E-state index in [1.165, 1.54) is 12.1 Å². The van der Waals surface area contributed by atoms with Gasteiger partial charge < -0.3 is 35.3 Å². The molecule has 3 aromatic rings. The van der Waals surface area contributed by atoms with Crippen LogP contribution in [-0.4, -0.2) is 153 Å². The number of fused-ring (bicyclic) bond motifs is 2. The Kier molecular flexibility index (Phi) is 21.6. The Labute approximate surface area is 470 Å². The second-order valence-electron chi connectivity index (χ2n) is 21.8. The number of esters is 1. The molecule has 4 heterocycles. The number of carbonyl (C=O) groups excluding carboxylic acids is 4. The number of Topliss-reactive ketones (excluding diaryl/α,β-unsaturated/α-hetero) is 1. The van der Waals surface area contributed by atoms with E-state index < -0.39 is 103 Å². The zero-order valence-corrected chi connectivity index (χ0v) is 46.3. The Bertz CT molecular complexity index is 2800. The van der Waals surface area contributed by atoms with E-state index in [-0.39, 0.29) is 42.5 Å². The minimum atomic E-state index is -5.07. The van der Waals surface area contributed by atoms with Crippen molar-refractivity contribution < 1.29 is 78.0 Å². The molecule has 82 heavy (non-hydrogen) atoms. The minimum Gasteiger partial charge on any atom is -0.469 e. The maximum Gasteiger partial charge on any atom is 0.407 e. The summed E-state index contributed by atoms with van der Waals surface area (Å²) in [6.45, 7) is 1.89. The molecule has 2 aromatic carbocycles. The largest absolute Gasteiger partial charge is 0.469 e. The SMILES string of the molecule is COC(=O)C[C@H](C(=O)NN(CCCc1ccc(C(C=NC(F)F)=CN)cc1F)C[C@H](O)[C@@H](CC(=O)[C@@H](NC(=O)OC)C(C)(C)C(F)(F)F)Cc1ccc(C#Cc2ccc(N3CC4CCC(C3)N4C3COC3)nc2)cc1)C(C)(C)C(F)(F)F. The predicted molar refractivity (Wildman–Crippen MR) is 285 cm³/mol. The van der Waals surface area contributed by atoms with E-state index in [9.17, 15) is 59.4 Å². The van der Waals surface area contributed by atoms with Crippen molar-refractivity contribution >= 4 is 41.4 Å². The molecule has 2 amide bonds. The first kappa shape index (κ1) is 64.4. The molecule has 5 N–H and O–H groups in total. The van der Waals surface area contributed by atoms with Gasteiger partial charge in [0.05, 0.1) is 62.7 Å². The summed E-state index contributed by atoms with van der Waals surface area (Å²) in [5.74, 6) is -1.01. The molecule has 0 radical (unpaired) electrons. The van der Waals surface area contributed by atoms with Crippen LogP contribution in [0.4, 0.5) is 50.1 Å². The topological polar surface area (TPSA) is 201 Å². The van der Waals surface area contributed by atoms with Crippen LogP contribution in [0.15, 0.2) is 72.0 Å². The van der Waals surface area contributed by atoms with Crippen LogP contribution in [0, 0.1) is 40.3 Å². The summed E-state index contributed by atoms with van der Waals surface area (Å²) in [6, 6.07) is 13.0. The number of halogens is 9. The van der Waals surface area contributed by atoms with E-state index in [0.717, 1.165) is 82.7 Å². The Morgan fingerprint density at radius 1 is 0.890 bits per heavy atom. The number of amides is 2. The average Bonchev–Trinajstić information content (AvgIpc) is 3.90. The van der Waals surface area contributed by atoms with Gasteiger partial charge in [-0.1, -0.05) is 50.0 Å². The van der Waals surface area contributed by atoms with E-state index in [2.05, 4.69) is 41.5 Å². The molecule has 2 unspecified atom stereocenters. The summed E-state index contributed by atoms with van der Waals surface area (Å²) in [4.78, 5) is 65.8. The van der Waals surface area contributed by atoms with Gasteiger partial charge in [0, 0.05) is 80.0 Å². The highest BCUT2D eigenvalue weighted by Crippen LogP contribution is 2.46. The number of nitrogens with one attached hydrogen (secondary N) is 2. The van der Waals surface area contributed by atoms with Crippen molar-refractivity contribution in [2.24, 2.45) is 33.4 Å². The number of allylic oxidation sites excluding steroid dienone is 1. The maximum atomic E-state index is 15.5. The van der Waals surface area contributed by atoms with Crippen molar-refractivity contribution in [3.8, 4) is 11.8 Å². The normalized spacial score (nSPS) is 18.8. The molecule has 3 aliphatic rings. The number of nitrogens with zero attached hydrogens (tertiary/aromatic N) is 5. The van der Waals surface area contributed by atoms with E-state index >= 15 is 4.39 Å². The molecule has 3 aliphatic heterocycles. The highest BCUT2D eigenvalue weighted by atomic mass is 19.4. The highest BCUT2D eigenvalue weighted by molar-refractivity contribution is 6.09. The number of methoxy groups -OCH3 is 2. The number of piperazine rings is 1. The number of alkyl carbamates (subject to hydrolysis) is 1. The summed E-state index contributed by atoms with van der Waals surface area (Å²) in [6.07, 6.45) is -10.0. The number of aliphatic hydroxyl groups excluding tert-OH is 1. The van der Waals surface area contributed by atoms with Gasteiger partial charge in [0.2, 0.25) is 5.91 Å². The number of carbonyl (C=O) groups is 4. The number of ketones is 1. The van der Waals surface area contributed by atoms with Gasteiger partial charge in [0.1, 0.15) is 17.7 Å². The van der Waals surface area contributed by atoms with E-state index in [1.54, 1.807) is 30.5 Å². The fraction of sp³-hybridized carbons (Fsp3) is 0.544. The molecule has 448 valence electrons. The van der Waals surface area contributed by atoms with Crippen molar-refractivity contribution in [1.82, 2.24) is 25.6 Å². The Morgan fingerprint density at radius 3 is 2.06 bits per heavy atom. The number of hydrogen-bond donors (Lipinski definition) is 4. The average molecular weight is 1170 g/mol. The standard InChI is InChI=1S/C57H69F9N8O8/c1-54(2,56(61,62)63)44(25-49(77)80-5)51(78)71-73(21-7-8-37-16-17-38(23-45(37)58)40(26-67)28-69-52(59)60)31-47(76)39(24-46(75)50(70-53(79)81-6)55(3,4)57(64,65)66)22-35-12-9-34(10-13-35)11-14-36-15-20-48(68-27-36)72-29-41-18-19-42(30-72)74(41)43-32-82-33-43/h9-10,12-13,15-17,20,23,26-28,39,41-44,47,50,52,76H,7-8,18-19,21-22,24-25,29-33,67H2,1-6H3,(H,70,79)(H,71,78)/t39-,41?,42?,44-,47+,50-/m1/s1. The number of aryl methyl sites for hydroxylation is 1. The van der Waals surface area contributed by atoms with Crippen molar-refractivity contribution in [3.05, 3.63) is 101 Å². The van der Waals surface area contributed by atoms with E-state index in [1.807, 2.05) is 17.4 Å². The van der Waals surface area contributed by atoms with Crippen molar-refractivity contribution in [2.45, 2.75) is 122 Å². The number of anilines is 1. The third-order valence-electron chi connectivity index (χ3n) is 15.6. The highest BCUT2D eigenvalue weighted by Gasteiger charge is 2.57. The van der Waals surface area contributed by atoms with Crippen LogP contribution in [0.5, 0.6) is 0 Å². The van der Waals surface area contributed by atoms with Crippen LogP contribution in [0.3, 0.4) is 0 Å². The van der Waals surface area contributed by atoms with Crippen LogP contribution < -0.4 is 21.4 Å². The Hall–Kier alpha value is -6.75. The summed E-state index contributed by atoms with van der Waals surface area (Å²) >= 11 is 0. The second-order valence-corrected chi connectivity index (χ2v) is 21.8. The van der Waals surface area contributed by atoms with Gasteiger partial charge in [-0.2, -0.15) is 35.1 Å².